The van der Waals surface area contributed by atoms with Gasteiger partial charge in [0, 0.05) is 18.3 Å². The fourth-order valence-corrected chi connectivity index (χ4v) is 2.74. The van der Waals surface area contributed by atoms with Crippen LogP contribution in [0.15, 0.2) is 42.5 Å². The zero-order chi connectivity index (χ0) is 25.3. The summed E-state index contributed by atoms with van der Waals surface area (Å²) in [5.41, 5.74) is 5.78. The lowest BCUT2D eigenvalue weighted by Crippen LogP contribution is -2.15. The van der Waals surface area contributed by atoms with E-state index < -0.39 is 9.85 Å². The van der Waals surface area contributed by atoms with Crippen LogP contribution < -0.4 is 15.8 Å². The van der Waals surface area contributed by atoms with Gasteiger partial charge in [-0.3, -0.25) is 20.2 Å². The van der Waals surface area contributed by atoms with Gasteiger partial charge < -0.3 is 34.7 Å². The van der Waals surface area contributed by atoms with Crippen molar-refractivity contribution in [2.24, 2.45) is 0 Å². The third kappa shape index (κ3) is 11.4. The zero-order valence-corrected chi connectivity index (χ0v) is 19.3. The van der Waals surface area contributed by atoms with Gasteiger partial charge in [-0.15, -0.1) is 0 Å². The van der Waals surface area contributed by atoms with Crippen molar-refractivity contribution in [3.8, 4) is 5.75 Å². The predicted molar refractivity (Wildman–Crippen MR) is 128 cm³/mol. The van der Waals surface area contributed by atoms with Crippen molar-refractivity contribution in [3.05, 3.63) is 62.7 Å². The van der Waals surface area contributed by atoms with Crippen LogP contribution in [0, 0.1) is 20.2 Å². The van der Waals surface area contributed by atoms with Gasteiger partial charge in [-0.1, -0.05) is 0 Å². The number of anilines is 2. The van der Waals surface area contributed by atoms with Gasteiger partial charge in [0.2, 0.25) is 0 Å². The molecule has 0 radical (unpaired) electrons. The molecule has 2 rings (SSSR count). The molecule has 0 saturated heterocycles. The minimum absolute atomic E-state index is 0.191. The quantitative estimate of drug-likeness (QED) is 0.127. The molecular weight excluding hydrogens is 464 g/mol. The van der Waals surface area contributed by atoms with Crippen LogP contribution in [0.1, 0.15) is 0 Å². The Morgan fingerprint density at radius 1 is 0.714 bits per heavy atom. The monoisotopic (exact) mass is 494 g/mol. The van der Waals surface area contributed by atoms with Crippen molar-refractivity contribution in [1.29, 1.82) is 0 Å². The third-order valence-electron chi connectivity index (χ3n) is 4.44. The minimum Gasteiger partial charge on any atom is -0.491 e. The highest BCUT2D eigenvalue weighted by atomic mass is 16.6. The molecule has 0 fully saturated rings. The molecule has 13 nitrogen and oxygen atoms in total. The molecule has 3 N–H and O–H groups in total. The lowest BCUT2D eigenvalue weighted by molar-refractivity contribution is -0.393. The summed E-state index contributed by atoms with van der Waals surface area (Å²) in [6, 6.07) is 10.6. The van der Waals surface area contributed by atoms with E-state index in [-0.39, 0.29) is 23.7 Å². The summed E-state index contributed by atoms with van der Waals surface area (Å²) in [5, 5.41) is 24.7. The first kappa shape index (κ1) is 27.7. The molecule has 0 aromatic heterocycles. The highest BCUT2D eigenvalue weighted by molar-refractivity contribution is 5.65. The lowest BCUT2D eigenvalue weighted by atomic mass is 10.2. The molecule has 0 atom stereocenters. The number of nitrogens with one attached hydrogen (secondary N) is 1. The largest absolute Gasteiger partial charge is 0.491 e. The number of ether oxygens (including phenoxy) is 5. The first-order valence-corrected chi connectivity index (χ1v) is 10.9. The topological polar surface area (TPSA) is 170 Å². The Labute approximate surface area is 202 Å². The maximum Gasteiger partial charge on any atom is 0.299 e. The van der Waals surface area contributed by atoms with Gasteiger partial charge in [-0.2, -0.15) is 0 Å². The maximum absolute atomic E-state index is 11.1. The molecule has 0 heterocycles. The molecule has 13 heteroatoms. The average molecular weight is 495 g/mol. The fourth-order valence-electron chi connectivity index (χ4n) is 2.74. The van der Waals surface area contributed by atoms with Crippen molar-refractivity contribution < 1.29 is 33.5 Å². The van der Waals surface area contributed by atoms with Crippen molar-refractivity contribution in [2.45, 2.75) is 0 Å². The van der Waals surface area contributed by atoms with E-state index >= 15 is 0 Å². The first-order chi connectivity index (χ1) is 17.0. The van der Waals surface area contributed by atoms with Crippen molar-refractivity contribution >= 4 is 22.7 Å². The van der Waals surface area contributed by atoms with Gasteiger partial charge in [0.15, 0.2) is 0 Å². The van der Waals surface area contributed by atoms with E-state index in [0.29, 0.717) is 65.1 Å². The molecule has 2 aromatic rings. The van der Waals surface area contributed by atoms with Crippen molar-refractivity contribution in [2.75, 3.05) is 77.1 Å². The van der Waals surface area contributed by atoms with Gasteiger partial charge in [-0.05, 0) is 30.3 Å². The summed E-state index contributed by atoms with van der Waals surface area (Å²) in [7, 11) is 0. The standard InChI is InChI=1S/C22H30N4O9/c23-18-1-4-20(5-2-18)35-16-15-34-14-13-33-12-11-32-10-9-31-8-7-24-21-6-3-19(25(27)28)17-22(21)26(29)30/h1-6,17,24H,7-16,23H2. The lowest BCUT2D eigenvalue weighted by Gasteiger charge is -2.09. The van der Waals surface area contributed by atoms with Crippen molar-refractivity contribution in [1.82, 2.24) is 0 Å². The van der Waals surface area contributed by atoms with E-state index in [4.69, 9.17) is 29.4 Å². The van der Waals surface area contributed by atoms with Crippen LogP contribution in [0.2, 0.25) is 0 Å². The Hall–Kier alpha value is -3.52. The van der Waals surface area contributed by atoms with Gasteiger partial charge >= 0.3 is 0 Å². The van der Waals surface area contributed by atoms with E-state index in [2.05, 4.69) is 5.32 Å². The van der Waals surface area contributed by atoms with E-state index in [1.54, 1.807) is 24.3 Å². The Morgan fingerprint density at radius 2 is 1.26 bits per heavy atom. The SMILES string of the molecule is Nc1ccc(OCCOCCOCCOCCOCCNc2ccc([N+](=O)[O-])cc2[N+](=O)[O-])cc1. The highest BCUT2D eigenvalue weighted by Crippen LogP contribution is 2.28. The second-order valence-corrected chi connectivity index (χ2v) is 7.01. The van der Waals surface area contributed by atoms with Crippen LogP contribution >= 0.6 is 0 Å². The van der Waals surface area contributed by atoms with Gasteiger partial charge in [0.05, 0.1) is 68.8 Å². The molecule has 0 spiro atoms. The van der Waals surface area contributed by atoms with E-state index in [9.17, 15) is 20.2 Å². The molecule has 0 saturated carbocycles. The summed E-state index contributed by atoms with van der Waals surface area (Å²) in [4.78, 5) is 20.5. The predicted octanol–water partition coefficient (Wildman–Crippen LogP) is 2.64. The first-order valence-electron chi connectivity index (χ1n) is 10.9. The summed E-state index contributed by atoms with van der Waals surface area (Å²) in [5.74, 6) is 0.741. The van der Waals surface area contributed by atoms with Crippen LogP contribution in [0.25, 0.3) is 0 Å². The molecule has 0 aliphatic heterocycles. The Morgan fingerprint density at radius 3 is 1.80 bits per heavy atom. The van der Waals surface area contributed by atoms with Crippen LogP contribution in [0.5, 0.6) is 5.75 Å². The number of hydrogen-bond donors (Lipinski definition) is 2. The average Bonchev–Trinajstić information content (AvgIpc) is 2.84. The van der Waals surface area contributed by atoms with Crippen LogP contribution in [0.4, 0.5) is 22.7 Å². The number of nitrogen functional groups attached to an aromatic ring is 1. The Bertz CT molecular complexity index is 912. The third-order valence-corrected chi connectivity index (χ3v) is 4.44. The molecule has 0 amide bonds. The fraction of sp³-hybridized carbons (Fsp3) is 0.455. The molecule has 0 aliphatic rings. The smallest absolute Gasteiger partial charge is 0.299 e. The number of hydrogen-bond acceptors (Lipinski definition) is 11. The molecule has 2 aromatic carbocycles. The van der Waals surface area contributed by atoms with Crippen LogP contribution in [-0.2, 0) is 18.9 Å². The van der Waals surface area contributed by atoms with E-state index in [0.717, 1.165) is 11.8 Å². The summed E-state index contributed by atoms with van der Waals surface area (Å²) in [6.07, 6.45) is 0. The molecule has 0 unspecified atom stereocenters. The number of non-ortho nitro benzene ring substituents is 1. The second kappa shape index (κ2) is 16.2. The number of rotatable bonds is 19. The number of nitro benzene ring substituents is 2. The van der Waals surface area contributed by atoms with Crippen LogP contribution in [-0.4, -0.2) is 75.9 Å². The molecule has 192 valence electrons. The number of nitrogens with zero attached hydrogens (tertiary/aromatic N) is 2. The summed E-state index contributed by atoms with van der Waals surface area (Å²) < 4.78 is 27.1. The number of benzene rings is 2. The molecule has 0 bridgehead atoms. The second-order valence-electron chi connectivity index (χ2n) is 7.01. The molecule has 0 aliphatic carbocycles. The molecule has 35 heavy (non-hydrogen) atoms. The van der Waals surface area contributed by atoms with Crippen molar-refractivity contribution in [3.63, 3.8) is 0 Å². The zero-order valence-electron chi connectivity index (χ0n) is 19.3. The Kier molecular flexibility index (Phi) is 12.8. The van der Waals surface area contributed by atoms with E-state index in [1.165, 1.54) is 12.1 Å². The number of nitro groups is 2. The van der Waals surface area contributed by atoms with Gasteiger partial charge in [0.25, 0.3) is 11.4 Å². The highest BCUT2D eigenvalue weighted by Gasteiger charge is 2.18. The van der Waals surface area contributed by atoms with Crippen LogP contribution in [0.3, 0.4) is 0 Å². The normalized spacial score (nSPS) is 10.7. The maximum atomic E-state index is 11.1. The van der Waals surface area contributed by atoms with Gasteiger partial charge in [0.1, 0.15) is 18.0 Å². The molecular formula is C22H30N4O9. The number of nitrogens with two attached hydrogens (primary N) is 1. The Balaban J connectivity index is 1.38. The van der Waals surface area contributed by atoms with E-state index in [1.807, 2.05) is 0 Å². The summed E-state index contributed by atoms with van der Waals surface area (Å²) in [6.45, 7) is 3.94. The van der Waals surface area contributed by atoms with Gasteiger partial charge in [-0.25, -0.2) is 0 Å². The minimum atomic E-state index is -0.681. The summed E-state index contributed by atoms with van der Waals surface area (Å²) >= 11 is 0.